The number of aromatic nitrogens is 3. The largest absolute Gasteiger partial charge is 0.478 e. The van der Waals surface area contributed by atoms with Gasteiger partial charge in [0.15, 0.2) is 5.16 Å². The number of thioether (sulfide) groups is 1. The Morgan fingerprint density at radius 2 is 2.25 bits per heavy atom. The van der Waals surface area contributed by atoms with Crippen molar-refractivity contribution < 1.29 is 9.90 Å². The fourth-order valence-corrected chi connectivity index (χ4v) is 2.91. The summed E-state index contributed by atoms with van der Waals surface area (Å²) in [5, 5.41) is 16.0. The molecule has 0 aliphatic carbocycles. The summed E-state index contributed by atoms with van der Waals surface area (Å²) >= 11 is 1.45. The van der Waals surface area contributed by atoms with Crippen molar-refractivity contribution in [3.63, 3.8) is 0 Å². The Balaban J connectivity index is 2.15. The van der Waals surface area contributed by atoms with Crippen LogP contribution in [-0.2, 0) is 12.3 Å². The first-order chi connectivity index (χ1) is 9.52. The van der Waals surface area contributed by atoms with Gasteiger partial charge in [0, 0.05) is 12.3 Å². The van der Waals surface area contributed by atoms with Crippen LogP contribution in [0.25, 0.3) is 0 Å². The molecule has 2 rings (SSSR count). The third-order valence-electron chi connectivity index (χ3n) is 2.99. The van der Waals surface area contributed by atoms with Gasteiger partial charge in [0.1, 0.15) is 0 Å². The molecule has 0 saturated heterocycles. The van der Waals surface area contributed by atoms with E-state index in [1.54, 1.807) is 22.8 Å². The minimum absolute atomic E-state index is 0.215. The Bertz CT molecular complexity index is 690. The van der Waals surface area contributed by atoms with Crippen LogP contribution in [0.5, 0.6) is 0 Å². The monoisotopic (exact) mass is 293 g/mol. The van der Waals surface area contributed by atoms with Crippen LogP contribution < -0.4 is 5.69 Å². The Morgan fingerprint density at radius 1 is 1.50 bits per heavy atom. The third-order valence-corrected chi connectivity index (χ3v) is 4.01. The molecular formula is C13H15N3O3S. The van der Waals surface area contributed by atoms with E-state index in [2.05, 4.69) is 10.2 Å². The number of nitrogens with one attached hydrogen (secondary N) is 1. The topological polar surface area (TPSA) is 88.0 Å². The van der Waals surface area contributed by atoms with Gasteiger partial charge in [-0.1, -0.05) is 17.8 Å². The van der Waals surface area contributed by atoms with E-state index < -0.39 is 5.97 Å². The van der Waals surface area contributed by atoms with E-state index in [1.165, 1.54) is 11.8 Å². The molecule has 2 aromatic rings. The maximum absolute atomic E-state index is 11.4. The lowest BCUT2D eigenvalue weighted by molar-refractivity contribution is 0.0697. The van der Waals surface area contributed by atoms with Crippen molar-refractivity contribution in [2.24, 2.45) is 0 Å². The average molecular weight is 293 g/mol. The lowest BCUT2D eigenvalue weighted by Crippen LogP contribution is -2.16. The second-order valence-corrected chi connectivity index (χ2v) is 5.23. The lowest BCUT2D eigenvalue weighted by Gasteiger charge is -2.06. The molecule has 6 nitrogen and oxygen atoms in total. The van der Waals surface area contributed by atoms with E-state index in [0.29, 0.717) is 17.5 Å². The molecule has 0 fully saturated rings. The van der Waals surface area contributed by atoms with Crippen LogP contribution in [0.1, 0.15) is 28.4 Å². The SMILES string of the molecule is CCn1c(SCc2ccc(C(=O)O)cc2C)n[nH]c1=O. The first-order valence-electron chi connectivity index (χ1n) is 6.13. The van der Waals surface area contributed by atoms with Crippen LogP contribution in [0, 0.1) is 6.92 Å². The number of hydrogen-bond acceptors (Lipinski definition) is 4. The Kier molecular flexibility index (Phi) is 4.29. The molecule has 1 aromatic heterocycles. The van der Waals surface area contributed by atoms with Crippen molar-refractivity contribution in [2.75, 3.05) is 0 Å². The number of benzene rings is 1. The molecule has 0 radical (unpaired) electrons. The van der Waals surface area contributed by atoms with Crippen LogP contribution >= 0.6 is 11.8 Å². The van der Waals surface area contributed by atoms with Crippen molar-refractivity contribution in [3.8, 4) is 0 Å². The summed E-state index contributed by atoms with van der Waals surface area (Å²) in [5.74, 6) is -0.296. The highest BCUT2D eigenvalue weighted by Gasteiger charge is 2.10. The summed E-state index contributed by atoms with van der Waals surface area (Å²) in [6, 6.07) is 5.03. The zero-order valence-electron chi connectivity index (χ0n) is 11.2. The summed E-state index contributed by atoms with van der Waals surface area (Å²) in [4.78, 5) is 22.3. The van der Waals surface area contributed by atoms with Crippen LogP contribution in [-0.4, -0.2) is 25.8 Å². The molecule has 7 heteroatoms. The van der Waals surface area contributed by atoms with Gasteiger partial charge in [0.05, 0.1) is 5.56 Å². The molecule has 106 valence electrons. The first kappa shape index (κ1) is 14.4. The number of aromatic carboxylic acids is 1. The number of aryl methyl sites for hydroxylation is 1. The zero-order chi connectivity index (χ0) is 14.7. The molecule has 20 heavy (non-hydrogen) atoms. The Labute approximate surface area is 119 Å². The maximum atomic E-state index is 11.4. The van der Waals surface area contributed by atoms with Gasteiger partial charge < -0.3 is 5.11 Å². The molecule has 0 spiro atoms. The highest BCUT2D eigenvalue weighted by Crippen LogP contribution is 2.22. The molecule has 0 aliphatic heterocycles. The number of carbonyl (C=O) groups is 1. The zero-order valence-corrected chi connectivity index (χ0v) is 12.0. The van der Waals surface area contributed by atoms with Gasteiger partial charge in [0.2, 0.25) is 0 Å². The molecule has 0 unspecified atom stereocenters. The van der Waals surface area contributed by atoms with E-state index in [1.807, 2.05) is 13.8 Å². The van der Waals surface area contributed by atoms with Gasteiger partial charge in [-0.3, -0.25) is 4.57 Å². The summed E-state index contributed by atoms with van der Waals surface area (Å²) in [6.07, 6.45) is 0. The van der Waals surface area contributed by atoms with Crippen molar-refractivity contribution in [3.05, 3.63) is 45.4 Å². The minimum atomic E-state index is -0.931. The molecule has 0 atom stereocenters. The number of rotatable bonds is 5. The number of H-pyrrole nitrogens is 1. The van der Waals surface area contributed by atoms with Gasteiger partial charge in [0.25, 0.3) is 0 Å². The van der Waals surface area contributed by atoms with Crippen LogP contribution in [0.15, 0.2) is 28.2 Å². The summed E-state index contributed by atoms with van der Waals surface area (Å²) in [6.45, 7) is 4.32. The van der Waals surface area contributed by atoms with E-state index in [0.717, 1.165) is 11.1 Å². The van der Waals surface area contributed by atoms with Crippen LogP contribution in [0.4, 0.5) is 0 Å². The quantitative estimate of drug-likeness (QED) is 0.822. The highest BCUT2D eigenvalue weighted by molar-refractivity contribution is 7.98. The molecule has 0 bridgehead atoms. The number of carboxylic acids is 1. The lowest BCUT2D eigenvalue weighted by atomic mass is 10.1. The fourth-order valence-electron chi connectivity index (χ4n) is 1.83. The fraction of sp³-hybridized carbons (Fsp3) is 0.308. The minimum Gasteiger partial charge on any atom is -0.478 e. The molecule has 1 aromatic carbocycles. The second-order valence-electron chi connectivity index (χ2n) is 4.29. The third kappa shape index (κ3) is 2.93. The van der Waals surface area contributed by atoms with Gasteiger partial charge in [-0.15, -0.1) is 5.10 Å². The molecule has 0 saturated carbocycles. The predicted octanol–water partition coefficient (Wildman–Crippen LogP) is 1.89. The molecule has 0 aliphatic rings. The van der Waals surface area contributed by atoms with Gasteiger partial charge in [-0.25, -0.2) is 14.7 Å². The maximum Gasteiger partial charge on any atom is 0.343 e. The van der Waals surface area contributed by atoms with Gasteiger partial charge >= 0.3 is 11.7 Å². The summed E-state index contributed by atoms with van der Waals surface area (Å²) in [5.41, 5.74) is 2.01. The van der Waals surface area contributed by atoms with E-state index in [9.17, 15) is 9.59 Å². The van der Waals surface area contributed by atoms with E-state index >= 15 is 0 Å². The Morgan fingerprint density at radius 3 is 2.85 bits per heavy atom. The van der Waals surface area contributed by atoms with Gasteiger partial charge in [-0.05, 0) is 37.1 Å². The molecular weight excluding hydrogens is 278 g/mol. The average Bonchev–Trinajstić information content (AvgIpc) is 2.77. The number of hydrogen-bond donors (Lipinski definition) is 2. The summed E-state index contributed by atoms with van der Waals surface area (Å²) < 4.78 is 1.56. The number of carboxylic acid groups (broad SMARTS) is 1. The number of aromatic amines is 1. The molecule has 2 N–H and O–H groups in total. The molecule has 0 amide bonds. The van der Waals surface area contributed by atoms with Crippen LogP contribution in [0.3, 0.4) is 0 Å². The van der Waals surface area contributed by atoms with Crippen LogP contribution in [0.2, 0.25) is 0 Å². The smallest absolute Gasteiger partial charge is 0.343 e. The van der Waals surface area contributed by atoms with Crippen molar-refractivity contribution >= 4 is 17.7 Å². The van der Waals surface area contributed by atoms with E-state index in [-0.39, 0.29) is 11.3 Å². The predicted molar refractivity (Wildman–Crippen MR) is 76.2 cm³/mol. The van der Waals surface area contributed by atoms with Crippen molar-refractivity contribution in [1.29, 1.82) is 0 Å². The molecule has 1 heterocycles. The van der Waals surface area contributed by atoms with Gasteiger partial charge in [-0.2, -0.15) is 0 Å². The second kappa shape index (κ2) is 5.96. The standard InChI is InChI=1S/C13H15N3O3S/c1-3-16-12(19)14-15-13(16)20-7-10-5-4-9(11(17)18)6-8(10)2/h4-6H,3,7H2,1-2H3,(H,14,19)(H,17,18). The van der Waals surface area contributed by atoms with Crippen molar-refractivity contribution in [2.45, 2.75) is 31.3 Å². The summed E-state index contributed by atoms with van der Waals surface area (Å²) in [7, 11) is 0. The number of nitrogens with zero attached hydrogens (tertiary/aromatic N) is 2. The van der Waals surface area contributed by atoms with E-state index in [4.69, 9.17) is 5.11 Å². The first-order valence-corrected chi connectivity index (χ1v) is 7.12. The normalized spacial score (nSPS) is 10.7. The van der Waals surface area contributed by atoms with Crippen molar-refractivity contribution in [1.82, 2.24) is 14.8 Å². The highest BCUT2D eigenvalue weighted by atomic mass is 32.2. The Hall–Kier alpha value is -2.02.